The van der Waals surface area contributed by atoms with Crippen molar-refractivity contribution < 1.29 is 28.0 Å². The summed E-state index contributed by atoms with van der Waals surface area (Å²) in [6.07, 6.45) is -4.93. The molecule has 2 aromatic rings. The molecule has 0 spiro atoms. The number of para-hydroxylation sites is 1. The zero-order chi connectivity index (χ0) is 20.2. The number of halogens is 3. The van der Waals surface area contributed by atoms with Crippen LogP contribution in [0, 0.1) is 10.1 Å². The minimum atomic E-state index is -4.80. The fraction of sp³-hybridized carbons (Fsp3) is 0.235. The topological polar surface area (TPSA) is 83.7 Å². The van der Waals surface area contributed by atoms with Gasteiger partial charge in [0, 0.05) is 28.9 Å². The molecule has 1 aromatic heterocycles. The van der Waals surface area contributed by atoms with Crippen LogP contribution in [0.1, 0.15) is 4.88 Å². The first-order valence-corrected chi connectivity index (χ1v) is 8.43. The van der Waals surface area contributed by atoms with Crippen molar-refractivity contribution in [1.29, 1.82) is 0 Å². The summed E-state index contributed by atoms with van der Waals surface area (Å²) < 4.78 is 37.0. The molecule has 1 heterocycles. The van der Waals surface area contributed by atoms with Gasteiger partial charge in [0.05, 0.1) is 17.0 Å². The van der Waals surface area contributed by atoms with E-state index in [-0.39, 0.29) is 5.69 Å². The maximum atomic E-state index is 12.3. The average Bonchev–Trinajstić information content (AvgIpc) is 3.07. The van der Waals surface area contributed by atoms with Crippen LogP contribution in [0.25, 0.3) is 16.5 Å². The predicted octanol–water partition coefficient (Wildman–Crippen LogP) is 3.72. The van der Waals surface area contributed by atoms with E-state index in [0.717, 1.165) is 18.0 Å². The molecule has 1 amide bonds. The summed E-state index contributed by atoms with van der Waals surface area (Å²) in [7, 11) is 1.15. The van der Waals surface area contributed by atoms with E-state index in [2.05, 4.69) is 0 Å². The molecular formula is C17H15F3N2O4S. The molecule has 6 nitrogen and oxygen atoms in total. The lowest BCUT2D eigenvalue weighted by molar-refractivity contribution is -0.384. The molecule has 0 fully saturated rings. The van der Waals surface area contributed by atoms with Gasteiger partial charge < -0.3 is 10.0 Å². The lowest BCUT2D eigenvalue weighted by Gasteiger charge is -2.21. The minimum Gasteiger partial charge on any atom is -0.382 e. The Labute approximate surface area is 156 Å². The van der Waals surface area contributed by atoms with E-state index in [1.165, 1.54) is 23.5 Å². The Hall–Kier alpha value is -2.72. The number of nitro groups is 1. The van der Waals surface area contributed by atoms with Crippen molar-refractivity contribution >= 4 is 29.0 Å². The van der Waals surface area contributed by atoms with Crippen molar-refractivity contribution in [2.45, 2.75) is 12.3 Å². The molecule has 1 atom stereocenters. The van der Waals surface area contributed by atoms with Crippen LogP contribution >= 0.6 is 11.3 Å². The van der Waals surface area contributed by atoms with Crippen LogP contribution in [0.4, 0.5) is 18.9 Å². The molecule has 1 N–H and O–H groups in total. The molecular weight excluding hydrogens is 385 g/mol. The quantitative estimate of drug-likeness (QED) is 0.455. The number of nitro benzene ring substituents is 1. The van der Waals surface area contributed by atoms with Gasteiger partial charge in [0.25, 0.3) is 5.69 Å². The van der Waals surface area contributed by atoms with Crippen LogP contribution in [0.5, 0.6) is 0 Å². The maximum Gasteiger partial charge on any atom is 0.416 e. The van der Waals surface area contributed by atoms with Crippen molar-refractivity contribution in [3.63, 3.8) is 0 Å². The van der Waals surface area contributed by atoms with Crippen LogP contribution in [0.2, 0.25) is 0 Å². The normalized spacial score (nSPS) is 12.9. The van der Waals surface area contributed by atoms with E-state index in [1.807, 2.05) is 0 Å². The molecule has 2 rings (SSSR count). The second kappa shape index (κ2) is 8.31. The standard InChI is InChI=1S/C17H15F3N2O4S/c1-21(10-15(23)17(18,19)20)16(24)9-7-11-6-8-14(27-11)12-4-2-3-5-13(12)22(25)26/h2-9,15,23H,10H2,1H3. The predicted molar refractivity (Wildman–Crippen MR) is 95.1 cm³/mol. The number of amides is 1. The summed E-state index contributed by atoms with van der Waals surface area (Å²) >= 11 is 1.20. The number of benzene rings is 1. The number of likely N-dealkylation sites (N-methyl/N-ethyl adjacent to an activating group) is 1. The number of thiophene rings is 1. The van der Waals surface area contributed by atoms with Gasteiger partial charge in [-0.15, -0.1) is 11.3 Å². The molecule has 144 valence electrons. The first kappa shape index (κ1) is 20.6. The summed E-state index contributed by atoms with van der Waals surface area (Å²) in [6.45, 7) is -0.876. The van der Waals surface area contributed by atoms with Crippen molar-refractivity contribution in [2.75, 3.05) is 13.6 Å². The molecule has 0 aliphatic carbocycles. The van der Waals surface area contributed by atoms with Gasteiger partial charge in [-0.25, -0.2) is 0 Å². The molecule has 0 aliphatic rings. The summed E-state index contributed by atoms with van der Waals surface area (Å²) in [5.74, 6) is -0.709. The Morgan fingerprint density at radius 2 is 2.00 bits per heavy atom. The van der Waals surface area contributed by atoms with Crippen LogP contribution in [-0.2, 0) is 4.79 Å². The van der Waals surface area contributed by atoms with Crippen molar-refractivity contribution in [2.24, 2.45) is 0 Å². The molecule has 0 aliphatic heterocycles. The Bertz CT molecular complexity index is 864. The highest BCUT2D eigenvalue weighted by molar-refractivity contribution is 7.16. The second-order valence-corrected chi connectivity index (χ2v) is 6.70. The van der Waals surface area contributed by atoms with Crippen molar-refractivity contribution in [3.8, 4) is 10.4 Å². The smallest absolute Gasteiger partial charge is 0.382 e. The molecule has 0 bridgehead atoms. The molecule has 0 radical (unpaired) electrons. The number of nitrogens with zero attached hydrogens (tertiary/aromatic N) is 2. The van der Waals surface area contributed by atoms with Crippen LogP contribution in [-0.4, -0.2) is 46.7 Å². The third-order valence-corrected chi connectivity index (χ3v) is 4.67. The Morgan fingerprint density at radius 1 is 1.33 bits per heavy atom. The third-order valence-electron chi connectivity index (χ3n) is 3.58. The Kier molecular flexibility index (Phi) is 6.34. The number of aliphatic hydroxyl groups is 1. The molecule has 27 heavy (non-hydrogen) atoms. The summed E-state index contributed by atoms with van der Waals surface area (Å²) in [4.78, 5) is 24.5. The van der Waals surface area contributed by atoms with E-state index in [0.29, 0.717) is 15.3 Å². The lowest BCUT2D eigenvalue weighted by atomic mass is 10.1. The Balaban J connectivity index is 2.09. The number of aliphatic hydroxyl groups excluding tert-OH is 1. The average molecular weight is 400 g/mol. The van der Waals surface area contributed by atoms with Gasteiger partial charge in [0.15, 0.2) is 6.10 Å². The lowest BCUT2D eigenvalue weighted by Crippen LogP contribution is -2.41. The molecule has 1 aromatic carbocycles. The van der Waals surface area contributed by atoms with E-state index in [1.54, 1.807) is 30.3 Å². The monoisotopic (exact) mass is 400 g/mol. The summed E-state index contributed by atoms with van der Waals surface area (Å²) in [5.41, 5.74) is 0.385. The highest BCUT2D eigenvalue weighted by atomic mass is 32.1. The largest absolute Gasteiger partial charge is 0.416 e. The van der Waals surface area contributed by atoms with Crippen molar-refractivity contribution in [1.82, 2.24) is 4.90 Å². The van der Waals surface area contributed by atoms with E-state index >= 15 is 0 Å². The fourth-order valence-electron chi connectivity index (χ4n) is 2.16. The van der Waals surface area contributed by atoms with Gasteiger partial charge in [-0.1, -0.05) is 12.1 Å². The van der Waals surface area contributed by atoms with E-state index < -0.39 is 29.7 Å². The van der Waals surface area contributed by atoms with Crippen LogP contribution in [0.3, 0.4) is 0 Å². The fourth-order valence-corrected chi connectivity index (χ4v) is 3.11. The number of rotatable bonds is 6. The zero-order valence-electron chi connectivity index (χ0n) is 14.0. The van der Waals surface area contributed by atoms with Gasteiger partial charge in [-0.05, 0) is 24.3 Å². The molecule has 0 saturated carbocycles. The number of alkyl halides is 3. The molecule has 1 unspecified atom stereocenters. The number of hydrogen-bond acceptors (Lipinski definition) is 5. The first-order chi connectivity index (χ1) is 12.6. The molecule has 0 saturated heterocycles. The number of carbonyl (C=O) groups excluding carboxylic acids is 1. The van der Waals surface area contributed by atoms with Crippen molar-refractivity contribution in [3.05, 3.63) is 57.5 Å². The van der Waals surface area contributed by atoms with Gasteiger partial charge in [0.2, 0.25) is 5.91 Å². The Morgan fingerprint density at radius 3 is 2.63 bits per heavy atom. The number of carbonyl (C=O) groups is 1. The van der Waals surface area contributed by atoms with E-state index in [4.69, 9.17) is 5.11 Å². The SMILES string of the molecule is CN(CC(O)C(F)(F)F)C(=O)C=Cc1ccc(-c2ccccc2[N+](=O)[O-])s1. The van der Waals surface area contributed by atoms with Crippen LogP contribution in [0.15, 0.2) is 42.5 Å². The maximum absolute atomic E-state index is 12.3. The highest BCUT2D eigenvalue weighted by Crippen LogP contribution is 2.35. The number of hydrogen-bond donors (Lipinski definition) is 1. The van der Waals surface area contributed by atoms with E-state index in [9.17, 15) is 28.1 Å². The van der Waals surface area contributed by atoms with Gasteiger partial charge in [0.1, 0.15) is 0 Å². The molecule has 10 heteroatoms. The zero-order valence-corrected chi connectivity index (χ0v) is 14.8. The minimum absolute atomic E-state index is 0.0492. The first-order valence-electron chi connectivity index (χ1n) is 7.61. The van der Waals surface area contributed by atoms with Gasteiger partial charge >= 0.3 is 6.18 Å². The third kappa shape index (κ3) is 5.38. The van der Waals surface area contributed by atoms with Crippen LogP contribution < -0.4 is 0 Å². The van der Waals surface area contributed by atoms with Gasteiger partial charge in [-0.2, -0.15) is 13.2 Å². The van der Waals surface area contributed by atoms with Gasteiger partial charge in [-0.3, -0.25) is 14.9 Å². The highest BCUT2D eigenvalue weighted by Gasteiger charge is 2.39. The summed E-state index contributed by atoms with van der Waals surface area (Å²) in [6, 6.07) is 9.52. The summed E-state index contributed by atoms with van der Waals surface area (Å²) in [5, 5.41) is 20.1. The second-order valence-electron chi connectivity index (χ2n) is 5.59.